The van der Waals surface area contributed by atoms with Gasteiger partial charge in [0.05, 0.1) is 12.4 Å². The molecule has 0 saturated heterocycles. The molecule has 0 fully saturated rings. The first kappa shape index (κ1) is 14.6. The number of aryl methyl sites for hydroxylation is 1. The van der Waals surface area contributed by atoms with Crippen molar-refractivity contribution in [1.82, 2.24) is 15.1 Å². The third-order valence-corrected chi connectivity index (χ3v) is 3.25. The van der Waals surface area contributed by atoms with Crippen LogP contribution in [0.15, 0.2) is 36.7 Å². The maximum atomic E-state index is 5.77. The molecule has 20 heavy (non-hydrogen) atoms. The minimum absolute atomic E-state index is 0.367. The van der Waals surface area contributed by atoms with Crippen LogP contribution in [-0.2, 0) is 6.54 Å². The lowest BCUT2D eigenvalue weighted by Crippen LogP contribution is -2.19. The molecular formula is C16H23N3O. The van der Waals surface area contributed by atoms with Gasteiger partial charge in [0.1, 0.15) is 5.75 Å². The molecule has 0 amide bonds. The Bertz CT molecular complexity index is 519. The summed E-state index contributed by atoms with van der Waals surface area (Å²) in [5, 5.41) is 7.67. The molecule has 0 saturated carbocycles. The first-order valence-electron chi connectivity index (χ1n) is 7.26. The highest BCUT2D eigenvalue weighted by Gasteiger charge is 2.05. The van der Waals surface area contributed by atoms with E-state index in [2.05, 4.69) is 43.3 Å². The molecule has 2 rings (SSSR count). The molecule has 0 aliphatic carbocycles. The van der Waals surface area contributed by atoms with E-state index in [0.717, 1.165) is 31.0 Å². The third-order valence-electron chi connectivity index (χ3n) is 3.25. The lowest BCUT2D eigenvalue weighted by atomic mass is 10.1. The minimum atomic E-state index is 0.367. The van der Waals surface area contributed by atoms with Crippen LogP contribution in [0.4, 0.5) is 0 Å². The van der Waals surface area contributed by atoms with E-state index in [4.69, 9.17) is 4.74 Å². The second-order valence-electron chi connectivity index (χ2n) is 4.88. The van der Waals surface area contributed by atoms with Crippen molar-refractivity contribution in [2.24, 2.45) is 0 Å². The zero-order chi connectivity index (χ0) is 14.4. The maximum Gasteiger partial charge on any atom is 0.165 e. The van der Waals surface area contributed by atoms with E-state index in [0.29, 0.717) is 6.04 Å². The maximum absolute atomic E-state index is 5.77. The highest BCUT2D eigenvalue weighted by Crippen LogP contribution is 2.23. The van der Waals surface area contributed by atoms with Crippen molar-refractivity contribution < 1.29 is 4.74 Å². The molecule has 1 atom stereocenters. The highest BCUT2D eigenvalue weighted by atomic mass is 16.5. The number of nitrogens with one attached hydrogen (secondary N) is 1. The summed E-state index contributed by atoms with van der Waals surface area (Å²) in [6.45, 7) is 8.29. The van der Waals surface area contributed by atoms with E-state index in [1.807, 2.05) is 23.0 Å². The first-order valence-corrected chi connectivity index (χ1v) is 7.26. The lowest BCUT2D eigenvalue weighted by Gasteiger charge is -2.14. The Kier molecular flexibility index (Phi) is 5.18. The topological polar surface area (TPSA) is 39.1 Å². The van der Waals surface area contributed by atoms with Crippen LogP contribution in [0, 0.1) is 0 Å². The fraction of sp³-hybridized carbons (Fsp3) is 0.438. The molecule has 1 unspecified atom stereocenters. The summed E-state index contributed by atoms with van der Waals surface area (Å²) in [7, 11) is 0. The van der Waals surface area contributed by atoms with Gasteiger partial charge in [0.15, 0.2) is 5.75 Å². The average Bonchev–Trinajstić information content (AvgIpc) is 2.93. The van der Waals surface area contributed by atoms with Crippen LogP contribution in [-0.4, -0.2) is 16.3 Å². The molecule has 0 aliphatic heterocycles. The third kappa shape index (κ3) is 3.84. The number of hydrogen-bond donors (Lipinski definition) is 1. The summed E-state index contributed by atoms with van der Waals surface area (Å²) >= 11 is 0. The van der Waals surface area contributed by atoms with Gasteiger partial charge in [-0.05, 0) is 44.5 Å². The summed E-state index contributed by atoms with van der Waals surface area (Å²) in [5.41, 5.74) is 1.27. The Morgan fingerprint density at radius 1 is 1.20 bits per heavy atom. The summed E-state index contributed by atoms with van der Waals surface area (Å²) in [4.78, 5) is 0. The van der Waals surface area contributed by atoms with E-state index < -0.39 is 0 Å². The standard InChI is InChI=1S/C16H23N3O/c1-4-10-17-13(3)14-6-8-15(9-7-14)20-16-11-18-19(5-2)12-16/h6-9,11-13,17H,4-5,10H2,1-3H3. The van der Waals surface area contributed by atoms with Gasteiger partial charge in [0.2, 0.25) is 0 Å². The molecule has 1 heterocycles. The molecule has 0 radical (unpaired) electrons. The number of hydrogen-bond acceptors (Lipinski definition) is 3. The number of rotatable bonds is 7. The van der Waals surface area contributed by atoms with Gasteiger partial charge in [-0.1, -0.05) is 19.1 Å². The molecule has 0 spiro atoms. The first-order chi connectivity index (χ1) is 9.72. The van der Waals surface area contributed by atoms with E-state index in [1.165, 1.54) is 5.56 Å². The second kappa shape index (κ2) is 7.10. The van der Waals surface area contributed by atoms with Crippen molar-refractivity contribution in [3.63, 3.8) is 0 Å². The predicted octanol–water partition coefficient (Wildman–Crippen LogP) is 3.76. The van der Waals surface area contributed by atoms with Crippen molar-refractivity contribution >= 4 is 0 Å². The van der Waals surface area contributed by atoms with Crippen molar-refractivity contribution in [2.45, 2.75) is 39.8 Å². The lowest BCUT2D eigenvalue weighted by molar-refractivity contribution is 0.480. The molecule has 2 aromatic rings. The van der Waals surface area contributed by atoms with Gasteiger partial charge in [0.25, 0.3) is 0 Å². The normalized spacial score (nSPS) is 12.3. The minimum Gasteiger partial charge on any atom is -0.454 e. The van der Waals surface area contributed by atoms with Gasteiger partial charge in [-0.25, -0.2) is 0 Å². The molecule has 4 heteroatoms. The molecule has 1 N–H and O–H groups in total. The largest absolute Gasteiger partial charge is 0.454 e. The van der Waals surface area contributed by atoms with Gasteiger partial charge in [-0.15, -0.1) is 0 Å². The second-order valence-corrected chi connectivity index (χ2v) is 4.88. The van der Waals surface area contributed by atoms with E-state index >= 15 is 0 Å². The molecule has 1 aromatic carbocycles. The van der Waals surface area contributed by atoms with Gasteiger partial charge in [0, 0.05) is 12.6 Å². The van der Waals surface area contributed by atoms with E-state index in [1.54, 1.807) is 6.20 Å². The van der Waals surface area contributed by atoms with E-state index in [9.17, 15) is 0 Å². The van der Waals surface area contributed by atoms with Gasteiger partial charge >= 0.3 is 0 Å². The van der Waals surface area contributed by atoms with Crippen LogP contribution < -0.4 is 10.1 Å². The summed E-state index contributed by atoms with van der Waals surface area (Å²) in [5.74, 6) is 1.61. The average molecular weight is 273 g/mol. The molecular weight excluding hydrogens is 250 g/mol. The van der Waals surface area contributed by atoms with Crippen LogP contribution in [0.1, 0.15) is 38.8 Å². The van der Waals surface area contributed by atoms with Crippen LogP contribution in [0.3, 0.4) is 0 Å². The molecule has 108 valence electrons. The predicted molar refractivity (Wildman–Crippen MR) is 81.1 cm³/mol. The van der Waals surface area contributed by atoms with Crippen LogP contribution in [0.2, 0.25) is 0 Å². The number of ether oxygens (including phenoxy) is 1. The monoisotopic (exact) mass is 273 g/mol. The van der Waals surface area contributed by atoms with Crippen LogP contribution in [0.25, 0.3) is 0 Å². The quantitative estimate of drug-likeness (QED) is 0.835. The highest BCUT2D eigenvalue weighted by molar-refractivity contribution is 5.32. The Hall–Kier alpha value is -1.81. The van der Waals surface area contributed by atoms with E-state index in [-0.39, 0.29) is 0 Å². The number of nitrogens with zero attached hydrogens (tertiary/aromatic N) is 2. The fourth-order valence-electron chi connectivity index (χ4n) is 2.01. The summed E-state index contributed by atoms with van der Waals surface area (Å²) in [6, 6.07) is 8.58. The van der Waals surface area contributed by atoms with Gasteiger partial charge in [-0.3, -0.25) is 4.68 Å². The molecule has 1 aromatic heterocycles. The summed E-state index contributed by atoms with van der Waals surface area (Å²) in [6.07, 6.45) is 4.79. The Morgan fingerprint density at radius 2 is 1.95 bits per heavy atom. The number of benzene rings is 1. The molecule has 0 bridgehead atoms. The van der Waals surface area contributed by atoms with Crippen molar-refractivity contribution in [3.05, 3.63) is 42.2 Å². The molecule has 0 aliphatic rings. The SMILES string of the molecule is CCCNC(C)c1ccc(Oc2cnn(CC)c2)cc1. The number of aromatic nitrogens is 2. The summed E-state index contributed by atoms with van der Waals surface area (Å²) < 4.78 is 7.62. The van der Waals surface area contributed by atoms with Crippen molar-refractivity contribution in [2.75, 3.05) is 6.54 Å². The van der Waals surface area contributed by atoms with Crippen molar-refractivity contribution in [3.8, 4) is 11.5 Å². The zero-order valence-electron chi connectivity index (χ0n) is 12.5. The van der Waals surface area contributed by atoms with Gasteiger partial charge in [-0.2, -0.15) is 5.10 Å². The van der Waals surface area contributed by atoms with Crippen LogP contribution >= 0.6 is 0 Å². The van der Waals surface area contributed by atoms with Crippen molar-refractivity contribution in [1.29, 1.82) is 0 Å². The zero-order valence-corrected chi connectivity index (χ0v) is 12.5. The van der Waals surface area contributed by atoms with Crippen LogP contribution in [0.5, 0.6) is 11.5 Å². The smallest absolute Gasteiger partial charge is 0.165 e. The Labute approximate surface area is 120 Å². The Balaban J connectivity index is 1.97. The fourth-order valence-corrected chi connectivity index (χ4v) is 2.01. The Morgan fingerprint density at radius 3 is 2.55 bits per heavy atom. The van der Waals surface area contributed by atoms with Gasteiger partial charge < -0.3 is 10.1 Å². The molecule has 4 nitrogen and oxygen atoms in total.